The van der Waals surface area contributed by atoms with Gasteiger partial charge in [0.2, 0.25) is 0 Å². The molecular formula is C26H41F. The van der Waals surface area contributed by atoms with Crippen molar-refractivity contribution in [2.45, 2.75) is 109 Å². The molecule has 0 saturated heterocycles. The van der Waals surface area contributed by atoms with Gasteiger partial charge in [-0.3, -0.25) is 0 Å². The molecule has 0 aromatic heterocycles. The van der Waals surface area contributed by atoms with Crippen LogP contribution in [0.3, 0.4) is 0 Å². The number of halogens is 1. The highest BCUT2D eigenvalue weighted by Gasteiger charge is 2.24. The van der Waals surface area contributed by atoms with Crippen molar-refractivity contribution in [3.05, 3.63) is 35.6 Å². The maximum atomic E-state index is 13.1. The van der Waals surface area contributed by atoms with Gasteiger partial charge in [-0.2, -0.15) is 0 Å². The summed E-state index contributed by atoms with van der Waals surface area (Å²) in [6.07, 6.45) is 21.6. The molecular weight excluding hydrogens is 331 g/mol. The van der Waals surface area contributed by atoms with Gasteiger partial charge in [0.25, 0.3) is 0 Å². The van der Waals surface area contributed by atoms with Crippen molar-refractivity contribution in [2.24, 2.45) is 17.8 Å². The van der Waals surface area contributed by atoms with Gasteiger partial charge in [-0.1, -0.05) is 89.7 Å². The molecule has 0 atom stereocenters. The minimum atomic E-state index is -0.109. The fourth-order valence-electron chi connectivity index (χ4n) is 5.71. The minimum absolute atomic E-state index is 0.109. The van der Waals surface area contributed by atoms with E-state index in [-0.39, 0.29) is 5.82 Å². The fraction of sp³-hybridized carbons (Fsp3) is 0.769. The summed E-state index contributed by atoms with van der Waals surface area (Å²) in [5, 5.41) is 0. The Kier molecular flexibility index (Phi) is 8.68. The van der Waals surface area contributed by atoms with E-state index in [9.17, 15) is 4.39 Å². The fourth-order valence-corrected chi connectivity index (χ4v) is 5.71. The highest BCUT2D eigenvalue weighted by atomic mass is 19.1. The Morgan fingerprint density at radius 1 is 0.667 bits per heavy atom. The van der Waals surface area contributed by atoms with Gasteiger partial charge in [-0.15, -0.1) is 0 Å². The average Bonchev–Trinajstić information content (AvgIpc) is 2.71. The Hall–Kier alpha value is -0.850. The molecule has 2 saturated carbocycles. The van der Waals surface area contributed by atoms with Gasteiger partial charge >= 0.3 is 0 Å². The zero-order valence-corrected chi connectivity index (χ0v) is 17.6. The highest BCUT2D eigenvalue weighted by Crippen LogP contribution is 2.39. The molecule has 0 bridgehead atoms. The van der Waals surface area contributed by atoms with Crippen molar-refractivity contribution >= 4 is 0 Å². The Bertz CT molecular complexity index is 504. The quantitative estimate of drug-likeness (QED) is 0.380. The lowest BCUT2D eigenvalue weighted by atomic mass is 9.75. The number of rotatable bonds is 9. The average molecular weight is 373 g/mol. The lowest BCUT2D eigenvalue weighted by molar-refractivity contribution is 0.234. The lowest BCUT2D eigenvalue weighted by Gasteiger charge is -2.31. The molecule has 0 nitrogen and oxygen atoms in total. The first-order valence-corrected chi connectivity index (χ1v) is 12.0. The maximum absolute atomic E-state index is 13.1. The van der Waals surface area contributed by atoms with E-state index in [1.807, 2.05) is 12.1 Å². The second-order valence-electron chi connectivity index (χ2n) is 9.58. The van der Waals surface area contributed by atoms with E-state index in [1.54, 1.807) is 12.1 Å². The van der Waals surface area contributed by atoms with Crippen LogP contribution >= 0.6 is 0 Å². The second-order valence-corrected chi connectivity index (χ2v) is 9.58. The summed E-state index contributed by atoms with van der Waals surface area (Å²) in [4.78, 5) is 0. The smallest absolute Gasteiger partial charge is 0.123 e. The van der Waals surface area contributed by atoms with Crippen LogP contribution in [-0.4, -0.2) is 0 Å². The Morgan fingerprint density at radius 3 is 1.67 bits per heavy atom. The molecule has 152 valence electrons. The predicted molar refractivity (Wildman–Crippen MR) is 115 cm³/mol. The molecule has 2 fully saturated rings. The van der Waals surface area contributed by atoms with E-state index >= 15 is 0 Å². The molecule has 1 aromatic rings. The van der Waals surface area contributed by atoms with E-state index in [1.165, 1.54) is 102 Å². The van der Waals surface area contributed by atoms with Crippen LogP contribution in [0.2, 0.25) is 0 Å². The van der Waals surface area contributed by atoms with Gasteiger partial charge in [-0.25, -0.2) is 4.39 Å². The van der Waals surface area contributed by atoms with Crippen molar-refractivity contribution in [3.63, 3.8) is 0 Å². The summed E-state index contributed by atoms with van der Waals surface area (Å²) >= 11 is 0. The molecule has 1 heteroatoms. The normalized spacial score (nSPS) is 29.0. The standard InChI is InChI=1S/C26H41F/c1-2-3-4-6-21-9-11-22(12-10-21)7-5-8-23-13-15-24(16-14-23)25-17-19-26(27)20-18-25/h17-24H,2-16H2,1H3. The first-order chi connectivity index (χ1) is 13.2. The molecule has 0 radical (unpaired) electrons. The topological polar surface area (TPSA) is 0 Å². The van der Waals surface area contributed by atoms with Crippen molar-refractivity contribution < 1.29 is 4.39 Å². The van der Waals surface area contributed by atoms with Crippen LogP contribution in [0, 0.1) is 23.6 Å². The molecule has 0 aliphatic heterocycles. The van der Waals surface area contributed by atoms with Crippen LogP contribution in [0.25, 0.3) is 0 Å². The van der Waals surface area contributed by atoms with Crippen LogP contribution in [0.15, 0.2) is 24.3 Å². The predicted octanol–water partition coefficient (Wildman–Crippen LogP) is 8.66. The van der Waals surface area contributed by atoms with E-state index in [2.05, 4.69) is 6.92 Å². The number of unbranched alkanes of at least 4 members (excludes halogenated alkanes) is 2. The Morgan fingerprint density at radius 2 is 1.15 bits per heavy atom. The third kappa shape index (κ3) is 6.91. The van der Waals surface area contributed by atoms with Crippen LogP contribution in [0.5, 0.6) is 0 Å². The Labute approximate surface area is 167 Å². The molecule has 1 aromatic carbocycles. The molecule has 0 amide bonds. The first-order valence-electron chi connectivity index (χ1n) is 12.0. The number of hydrogen-bond donors (Lipinski definition) is 0. The molecule has 0 N–H and O–H groups in total. The van der Waals surface area contributed by atoms with Crippen molar-refractivity contribution in [2.75, 3.05) is 0 Å². The van der Waals surface area contributed by atoms with Crippen LogP contribution in [-0.2, 0) is 0 Å². The molecule has 2 aliphatic carbocycles. The van der Waals surface area contributed by atoms with Crippen LogP contribution in [0.1, 0.15) is 115 Å². The van der Waals surface area contributed by atoms with Crippen LogP contribution in [0.4, 0.5) is 4.39 Å². The molecule has 0 unspecified atom stereocenters. The summed E-state index contributed by atoms with van der Waals surface area (Å²) in [6.45, 7) is 2.31. The zero-order valence-electron chi connectivity index (χ0n) is 17.6. The van der Waals surface area contributed by atoms with Gasteiger partial charge in [-0.05, 0) is 67.1 Å². The van der Waals surface area contributed by atoms with E-state index in [0.29, 0.717) is 5.92 Å². The lowest BCUT2D eigenvalue weighted by Crippen LogP contribution is -2.16. The van der Waals surface area contributed by atoms with Crippen molar-refractivity contribution in [1.82, 2.24) is 0 Å². The van der Waals surface area contributed by atoms with Crippen molar-refractivity contribution in [3.8, 4) is 0 Å². The van der Waals surface area contributed by atoms with Crippen molar-refractivity contribution in [1.29, 1.82) is 0 Å². The van der Waals surface area contributed by atoms with Gasteiger partial charge in [0.05, 0.1) is 0 Å². The monoisotopic (exact) mass is 372 g/mol. The molecule has 27 heavy (non-hydrogen) atoms. The van der Waals surface area contributed by atoms with E-state index in [4.69, 9.17) is 0 Å². The number of hydrogen-bond acceptors (Lipinski definition) is 0. The first kappa shape index (κ1) is 20.9. The van der Waals surface area contributed by atoms with Gasteiger partial charge in [0, 0.05) is 0 Å². The third-order valence-corrected chi connectivity index (χ3v) is 7.60. The third-order valence-electron chi connectivity index (χ3n) is 7.60. The molecule has 3 rings (SSSR count). The van der Waals surface area contributed by atoms with E-state index in [0.717, 1.165) is 17.8 Å². The van der Waals surface area contributed by atoms with Gasteiger partial charge in [0.1, 0.15) is 5.82 Å². The zero-order chi connectivity index (χ0) is 18.9. The largest absolute Gasteiger partial charge is 0.207 e. The SMILES string of the molecule is CCCCCC1CCC(CCCC2CCC(c3ccc(F)cc3)CC2)CC1. The maximum Gasteiger partial charge on any atom is 0.123 e. The summed E-state index contributed by atoms with van der Waals surface area (Å²) < 4.78 is 13.1. The number of benzene rings is 1. The van der Waals surface area contributed by atoms with Gasteiger partial charge < -0.3 is 0 Å². The molecule has 0 heterocycles. The van der Waals surface area contributed by atoms with Gasteiger partial charge in [0.15, 0.2) is 0 Å². The Balaban J connectivity index is 1.26. The summed E-state index contributed by atoms with van der Waals surface area (Å²) in [5.74, 6) is 3.59. The second kappa shape index (κ2) is 11.2. The highest BCUT2D eigenvalue weighted by molar-refractivity contribution is 5.20. The van der Waals surface area contributed by atoms with E-state index < -0.39 is 0 Å². The molecule has 2 aliphatic rings. The molecule has 0 spiro atoms. The summed E-state index contributed by atoms with van der Waals surface area (Å²) in [6, 6.07) is 7.25. The summed E-state index contributed by atoms with van der Waals surface area (Å²) in [5.41, 5.74) is 1.35. The minimum Gasteiger partial charge on any atom is -0.207 e. The summed E-state index contributed by atoms with van der Waals surface area (Å²) in [7, 11) is 0. The van der Waals surface area contributed by atoms with Crippen LogP contribution < -0.4 is 0 Å².